The van der Waals surface area contributed by atoms with E-state index >= 15 is 0 Å². The maximum absolute atomic E-state index is 13.7. The number of carboxylic acids is 1. The van der Waals surface area contributed by atoms with Gasteiger partial charge in [-0.15, -0.1) is 0 Å². The Balaban J connectivity index is 2.04. The number of carboxylic acid groups (broad SMARTS) is 1. The molecule has 0 amide bonds. The lowest BCUT2D eigenvalue weighted by Crippen LogP contribution is -2.40. The molecule has 142 valence electrons. The first kappa shape index (κ1) is 19.0. The molecule has 0 aliphatic carbocycles. The second kappa shape index (κ2) is 6.73. The van der Waals surface area contributed by atoms with Crippen LogP contribution in [0.15, 0.2) is 35.9 Å². The lowest BCUT2D eigenvalue weighted by Gasteiger charge is -2.27. The summed E-state index contributed by atoms with van der Waals surface area (Å²) in [6, 6.07) is 5.15. The van der Waals surface area contributed by atoms with Crippen LogP contribution in [0.2, 0.25) is 5.02 Å². The van der Waals surface area contributed by atoms with Crippen LogP contribution in [-0.4, -0.2) is 23.4 Å². The monoisotopic (exact) mass is 406 g/mol. The Hall–Kier alpha value is -2.81. The number of hydrogen-bond acceptors (Lipinski definition) is 3. The highest BCUT2D eigenvalue weighted by Gasteiger charge is 2.48. The molecule has 4 nitrogen and oxygen atoms in total. The normalized spacial score (nSPS) is 16.2. The van der Waals surface area contributed by atoms with Gasteiger partial charge in [0.25, 0.3) is 0 Å². The molecule has 3 rings (SSSR count). The number of rotatable bonds is 3. The minimum atomic E-state index is -4.99. The van der Waals surface area contributed by atoms with Crippen molar-refractivity contribution in [2.24, 2.45) is 0 Å². The molecular weight excluding hydrogens is 399 g/mol. The van der Waals surface area contributed by atoms with Crippen LogP contribution in [-0.2, 0) is 4.79 Å². The summed E-state index contributed by atoms with van der Waals surface area (Å²) in [5.74, 6) is -5.52. The van der Waals surface area contributed by atoms with Crippen LogP contribution in [0, 0.1) is 11.6 Å². The molecule has 0 bridgehead atoms. The van der Waals surface area contributed by atoms with Crippen LogP contribution < -0.4 is 9.47 Å². The van der Waals surface area contributed by atoms with E-state index in [1.54, 1.807) is 0 Å². The number of carbonyl (C=O) groups is 1. The summed E-state index contributed by atoms with van der Waals surface area (Å²) in [7, 11) is 0. The molecule has 0 saturated carbocycles. The van der Waals surface area contributed by atoms with E-state index in [9.17, 15) is 26.7 Å². The number of ether oxygens (including phenoxy) is 2. The van der Waals surface area contributed by atoms with Gasteiger partial charge >= 0.3 is 12.1 Å². The van der Waals surface area contributed by atoms with Gasteiger partial charge in [0, 0.05) is 11.6 Å². The first-order valence-electron chi connectivity index (χ1n) is 7.21. The maximum Gasteiger partial charge on any atom is 0.430 e. The standard InChI is InChI=1S/C17H8ClF5O4/c18-9-5-7-4-8(16(24)25)15(17(21,22)23)27-12(7)6-13(9)26-11-3-1-2-10(19)14(11)20/h1-6,15H,(H,24,25). The van der Waals surface area contributed by atoms with Crippen molar-refractivity contribution in [2.75, 3.05) is 0 Å². The molecule has 1 unspecified atom stereocenters. The summed E-state index contributed by atoms with van der Waals surface area (Å²) < 4.78 is 76.2. The smallest absolute Gasteiger partial charge is 0.430 e. The quantitative estimate of drug-likeness (QED) is 0.712. The van der Waals surface area contributed by atoms with E-state index < -0.39 is 41.2 Å². The van der Waals surface area contributed by atoms with E-state index in [1.165, 1.54) is 0 Å². The van der Waals surface area contributed by atoms with Crippen LogP contribution in [0.3, 0.4) is 0 Å². The number of halogens is 6. The third-order valence-electron chi connectivity index (χ3n) is 3.58. The van der Waals surface area contributed by atoms with Crippen molar-refractivity contribution in [3.8, 4) is 17.2 Å². The molecule has 0 aromatic heterocycles. The zero-order chi connectivity index (χ0) is 19.9. The first-order chi connectivity index (χ1) is 12.6. The van der Waals surface area contributed by atoms with Crippen LogP contribution in [0.25, 0.3) is 6.08 Å². The molecule has 1 aliphatic rings. The van der Waals surface area contributed by atoms with Crippen molar-refractivity contribution < 1.29 is 41.3 Å². The predicted octanol–water partition coefficient (Wildman–Crippen LogP) is 5.20. The Bertz CT molecular complexity index is 955. The van der Waals surface area contributed by atoms with Gasteiger partial charge in [-0.2, -0.15) is 17.6 Å². The summed E-state index contributed by atoms with van der Waals surface area (Å²) in [5, 5.41) is 8.82. The Morgan fingerprint density at radius 3 is 2.52 bits per heavy atom. The fourth-order valence-corrected chi connectivity index (χ4v) is 2.59. The van der Waals surface area contributed by atoms with Crippen molar-refractivity contribution in [1.82, 2.24) is 0 Å². The molecule has 1 N–H and O–H groups in total. The maximum atomic E-state index is 13.7. The summed E-state index contributed by atoms with van der Waals surface area (Å²) in [5.41, 5.74) is -1.05. The molecule has 2 aromatic carbocycles. The average molecular weight is 407 g/mol. The molecule has 1 aliphatic heterocycles. The third kappa shape index (κ3) is 3.68. The first-order valence-corrected chi connectivity index (χ1v) is 7.59. The van der Waals surface area contributed by atoms with Crippen molar-refractivity contribution in [1.29, 1.82) is 0 Å². The third-order valence-corrected chi connectivity index (χ3v) is 3.88. The number of hydrogen-bond donors (Lipinski definition) is 1. The zero-order valence-electron chi connectivity index (χ0n) is 13.0. The fraction of sp³-hybridized carbons (Fsp3) is 0.118. The van der Waals surface area contributed by atoms with Crippen molar-refractivity contribution in [3.63, 3.8) is 0 Å². The van der Waals surface area contributed by atoms with Gasteiger partial charge in [0.2, 0.25) is 11.9 Å². The lowest BCUT2D eigenvalue weighted by molar-refractivity contribution is -0.187. The van der Waals surface area contributed by atoms with Crippen LogP contribution in [0.4, 0.5) is 22.0 Å². The Labute approximate surface area is 153 Å². The van der Waals surface area contributed by atoms with Crippen molar-refractivity contribution in [2.45, 2.75) is 12.3 Å². The van der Waals surface area contributed by atoms with Gasteiger partial charge in [-0.1, -0.05) is 17.7 Å². The van der Waals surface area contributed by atoms with E-state index in [-0.39, 0.29) is 22.1 Å². The molecule has 0 spiro atoms. The second-order valence-corrected chi connectivity index (χ2v) is 5.83. The van der Waals surface area contributed by atoms with E-state index in [4.69, 9.17) is 26.2 Å². The number of benzene rings is 2. The fourth-order valence-electron chi connectivity index (χ4n) is 2.38. The van der Waals surface area contributed by atoms with Gasteiger partial charge in [-0.05, 0) is 24.3 Å². The predicted molar refractivity (Wildman–Crippen MR) is 84.0 cm³/mol. The molecule has 27 heavy (non-hydrogen) atoms. The van der Waals surface area contributed by atoms with E-state index in [0.717, 1.165) is 36.4 Å². The van der Waals surface area contributed by atoms with Crippen LogP contribution >= 0.6 is 11.6 Å². The van der Waals surface area contributed by atoms with Gasteiger partial charge in [0.1, 0.15) is 11.5 Å². The molecular formula is C17H8ClF5O4. The lowest BCUT2D eigenvalue weighted by atomic mass is 10.0. The van der Waals surface area contributed by atoms with Gasteiger partial charge in [0.15, 0.2) is 11.6 Å². The van der Waals surface area contributed by atoms with E-state index in [1.807, 2.05) is 0 Å². The minimum Gasteiger partial charge on any atom is -0.478 e. The average Bonchev–Trinajstić information content (AvgIpc) is 2.57. The molecule has 10 heteroatoms. The van der Waals surface area contributed by atoms with E-state index in [0.29, 0.717) is 0 Å². The highest BCUT2D eigenvalue weighted by Crippen LogP contribution is 2.42. The molecule has 2 aromatic rings. The molecule has 1 atom stereocenters. The molecule has 1 heterocycles. The molecule has 0 radical (unpaired) electrons. The van der Waals surface area contributed by atoms with Crippen LogP contribution in [0.5, 0.6) is 17.2 Å². The Kier molecular flexibility index (Phi) is 4.73. The number of fused-ring (bicyclic) bond motifs is 1. The summed E-state index contributed by atoms with van der Waals surface area (Å²) in [4.78, 5) is 11.1. The zero-order valence-corrected chi connectivity index (χ0v) is 13.7. The van der Waals surface area contributed by atoms with Crippen molar-refractivity contribution >= 4 is 23.6 Å². The Morgan fingerprint density at radius 2 is 1.89 bits per heavy atom. The molecule has 0 fully saturated rings. The summed E-state index contributed by atoms with van der Waals surface area (Å²) >= 11 is 5.96. The largest absolute Gasteiger partial charge is 0.478 e. The van der Waals surface area contributed by atoms with Gasteiger partial charge in [-0.25, -0.2) is 9.18 Å². The summed E-state index contributed by atoms with van der Waals surface area (Å²) in [6.45, 7) is 0. The highest BCUT2D eigenvalue weighted by molar-refractivity contribution is 6.32. The van der Waals surface area contributed by atoms with E-state index in [2.05, 4.69) is 0 Å². The SMILES string of the molecule is O=C(O)C1=Cc2cc(Cl)c(Oc3cccc(F)c3F)cc2OC1C(F)(F)F. The topological polar surface area (TPSA) is 55.8 Å². The minimum absolute atomic E-state index is 0.0371. The Morgan fingerprint density at radius 1 is 1.19 bits per heavy atom. The summed E-state index contributed by atoms with van der Waals surface area (Å²) in [6.07, 6.45) is -6.92. The highest BCUT2D eigenvalue weighted by atomic mass is 35.5. The number of aliphatic carboxylic acids is 1. The van der Waals surface area contributed by atoms with Gasteiger partial charge < -0.3 is 14.6 Å². The van der Waals surface area contributed by atoms with Gasteiger partial charge in [0.05, 0.1) is 10.6 Å². The van der Waals surface area contributed by atoms with Crippen molar-refractivity contribution in [3.05, 3.63) is 58.1 Å². The van der Waals surface area contributed by atoms with Crippen LogP contribution in [0.1, 0.15) is 5.56 Å². The number of alkyl halides is 3. The van der Waals surface area contributed by atoms with Gasteiger partial charge in [-0.3, -0.25) is 0 Å². The second-order valence-electron chi connectivity index (χ2n) is 5.42. The molecule has 0 saturated heterocycles.